The molecule has 0 spiro atoms. The lowest BCUT2D eigenvalue weighted by Crippen LogP contribution is -2.34. The van der Waals surface area contributed by atoms with Gasteiger partial charge in [-0.15, -0.1) is 0 Å². The first-order valence-electron chi connectivity index (χ1n) is 9.55. The van der Waals surface area contributed by atoms with Crippen LogP contribution in [0.4, 0.5) is 0 Å². The van der Waals surface area contributed by atoms with E-state index in [2.05, 4.69) is 24.3 Å². The second kappa shape index (κ2) is 7.81. The molecule has 0 N–H and O–H groups in total. The predicted octanol–water partition coefficient (Wildman–Crippen LogP) is 4.58. The van der Waals surface area contributed by atoms with Crippen molar-refractivity contribution in [2.45, 2.75) is 38.1 Å². The van der Waals surface area contributed by atoms with Crippen molar-refractivity contribution in [1.82, 2.24) is 4.90 Å². The number of fused-ring (bicyclic) bond motifs is 2. The molecule has 0 unspecified atom stereocenters. The molecule has 5 heteroatoms. The molecule has 2 aromatic carbocycles. The molecule has 1 amide bonds. The van der Waals surface area contributed by atoms with Crippen LogP contribution >= 0.6 is 11.6 Å². The average molecular weight is 386 g/mol. The molecule has 0 saturated heterocycles. The normalized spacial score (nSPS) is 18.4. The van der Waals surface area contributed by atoms with Gasteiger partial charge in [0.2, 0.25) is 5.91 Å². The molecular weight excluding hydrogens is 362 g/mol. The maximum atomic E-state index is 13.0. The number of benzene rings is 2. The Hall–Kier alpha value is -2.20. The van der Waals surface area contributed by atoms with Crippen molar-refractivity contribution in [3.63, 3.8) is 0 Å². The summed E-state index contributed by atoms with van der Waals surface area (Å²) in [6.07, 6.45) is 4.32. The van der Waals surface area contributed by atoms with Gasteiger partial charge in [0.1, 0.15) is 0 Å². The highest BCUT2D eigenvalue weighted by Crippen LogP contribution is 2.39. The van der Waals surface area contributed by atoms with Gasteiger partial charge in [0.25, 0.3) is 0 Å². The highest BCUT2D eigenvalue weighted by Gasteiger charge is 2.27. The molecule has 0 aromatic heterocycles. The molecule has 1 aliphatic heterocycles. The largest absolute Gasteiger partial charge is 0.489 e. The number of hydrogen-bond acceptors (Lipinski definition) is 3. The van der Waals surface area contributed by atoms with Gasteiger partial charge in [-0.2, -0.15) is 0 Å². The molecule has 0 radical (unpaired) electrons. The molecule has 2 aliphatic rings. The van der Waals surface area contributed by atoms with Gasteiger partial charge in [-0.05, 0) is 48.1 Å². The third-order valence-corrected chi connectivity index (χ3v) is 5.70. The van der Waals surface area contributed by atoms with Crippen LogP contribution in [0.3, 0.4) is 0 Å². The van der Waals surface area contributed by atoms with E-state index < -0.39 is 0 Å². The lowest BCUT2D eigenvalue weighted by atomic mass is 9.87. The molecule has 0 bridgehead atoms. The summed E-state index contributed by atoms with van der Waals surface area (Å²) in [4.78, 5) is 14.9. The predicted molar refractivity (Wildman–Crippen MR) is 106 cm³/mol. The molecule has 1 atom stereocenters. The van der Waals surface area contributed by atoms with Crippen molar-refractivity contribution < 1.29 is 14.3 Å². The van der Waals surface area contributed by atoms with Gasteiger partial charge in [0, 0.05) is 13.5 Å². The highest BCUT2D eigenvalue weighted by molar-refractivity contribution is 6.32. The van der Waals surface area contributed by atoms with Crippen molar-refractivity contribution in [1.29, 1.82) is 0 Å². The number of aryl methyl sites for hydroxylation is 1. The molecule has 2 aromatic rings. The summed E-state index contributed by atoms with van der Waals surface area (Å²) in [6.45, 7) is 1.19. The Labute approximate surface area is 165 Å². The van der Waals surface area contributed by atoms with Gasteiger partial charge in [-0.25, -0.2) is 0 Å². The van der Waals surface area contributed by atoms with Crippen LogP contribution in [0.1, 0.15) is 42.0 Å². The van der Waals surface area contributed by atoms with Crippen LogP contribution in [0.5, 0.6) is 11.5 Å². The SMILES string of the molecule is CN(C(=O)Cc1cc(Cl)c2c(c1)OCCCO2)[C@@H]1CCCc2ccccc21. The number of amides is 1. The van der Waals surface area contributed by atoms with Crippen LogP contribution in [-0.4, -0.2) is 31.1 Å². The molecule has 142 valence electrons. The first-order chi connectivity index (χ1) is 13.1. The van der Waals surface area contributed by atoms with Crippen LogP contribution < -0.4 is 9.47 Å². The molecule has 1 aliphatic carbocycles. The number of likely N-dealkylation sites (N-methyl/N-ethyl adjacent to an activating group) is 1. The molecule has 0 fully saturated rings. The van der Waals surface area contributed by atoms with Crippen LogP contribution in [0.2, 0.25) is 5.02 Å². The number of carbonyl (C=O) groups excluding carboxylic acids is 1. The van der Waals surface area contributed by atoms with Crippen molar-refractivity contribution in [2.75, 3.05) is 20.3 Å². The minimum Gasteiger partial charge on any atom is -0.489 e. The molecule has 0 saturated carbocycles. The van der Waals surface area contributed by atoms with Crippen molar-refractivity contribution in [3.05, 3.63) is 58.1 Å². The van der Waals surface area contributed by atoms with Gasteiger partial charge in [-0.1, -0.05) is 35.9 Å². The van der Waals surface area contributed by atoms with E-state index in [0.717, 1.165) is 31.2 Å². The van der Waals surface area contributed by atoms with Crippen LogP contribution in [0.25, 0.3) is 0 Å². The van der Waals surface area contributed by atoms with Gasteiger partial charge in [0.05, 0.1) is 30.7 Å². The van der Waals surface area contributed by atoms with Crippen LogP contribution in [0.15, 0.2) is 36.4 Å². The standard InChI is InChI=1S/C22H24ClNO3/c1-24(19-9-4-7-16-6-2-3-8-17(16)19)21(25)14-15-12-18(23)22-20(13-15)26-10-5-11-27-22/h2-3,6,8,12-13,19H,4-5,7,9-11,14H2,1H3/t19-/m1/s1. The zero-order valence-electron chi connectivity index (χ0n) is 15.5. The minimum atomic E-state index is 0.0854. The zero-order chi connectivity index (χ0) is 18.8. The smallest absolute Gasteiger partial charge is 0.227 e. The van der Waals surface area contributed by atoms with Crippen molar-refractivity contribution >= 4 is 17.5 Å². The number of halogens is 1. The number of carbonyl (C=O) groups is 1. The number of hydrogen-bond donors (Lipinski definition) is 0. The van der Waals surface area contributed by atoms with Crippen LogP contribution in [-0.2, 0) is 17.6 Å². The molecule has 1 heterocycles. The number of rotatable bonds is 3. The van der Waals surface area contributed by atoms with E-state index in [1.165, 1.54) is 11.1 Å². The first kappa shape index (κ1) is 18.2. The van der Waals surface area contributed by atoms with Crippen molar-refractivity contribution in [3.8, 4) is 11.5 Å². The molecule has 27 heavy (non-hydrogen) atoms. The second-order valence-electron chi connectivity index (χ2n) is 7.24. The van der Waals surface area contributed by atoms with E-state index in [1.54, 1.807) is 0 Å². The molecule has 4 rings (SSSR count). The first-order valence-corrected chi connectivity index (χ1v) is 9.93. The Morgan fingerprint density at radius 2 is 2.00 bits per heavy atom. The third-order valence-electron chi connectivity index (χ3n) is 5.42. The Bertz CT molecular complexity index is 851. The second-order valence-corrected chi connectivity index (χ2v) is 7.65. The Morgan fingerprint density at radius 1 is 1.19 bits per heavy atom. The number of nitrogens with zero attached hydrogens (tertiary/aromatic N) is 1. The summed E-state index contributed by atoms with van der Waals surface area (Å²) in [7, 11) is 1.90. The van der Waals surface area contributed by atoms with Crippen LogP contribution in [0, 0.1) is 0 Å². The van der Waals surface area contributed by atoms with E-state index in [9.17, 15) is 4.79 Å². The summed E-state index contributed by atoms with van der Waals surface area (Å²) in [6, 6.07) is 12.3. The highest BCUT2D eigenvalue weighted by atomic mass is 35.5. The zero-order valence-corrected chi connectivity index (χ0v) is 16.3. The van der Waals surface area contributed by atoms with E-state index in [-0.39, 0.29) is 11.9 Å². The van der Waals surface area contributed by atoms with E-state index in [1.807, 2.05) is 24.1 Å². The fraction of sp³-hybridized carbons (Fsp3) is 0.409. The topological polar surface area (TPSA) is 38.8 Å². The van der Waals surface area contributed by atoms with Gasteiger partial charge < -0.3 is 14.4 Å². The Kier molecular flexibility index (Phi) is 5.26. The Balaban J connectivity index is 1.53. The van der Waals surface area contributed by atoms with Gasteiger partial charge >= 0.3 is 0 Å². The lowest BCUT2D eigenvalue weighted by Gasteiger charge is -2.33. The third kappa shape index (κ3) is 3.77. The number of ether oxygens (including phenoxy) is 2. The summed E-state index contributed by atoms with van der Waals surface area (Å²) >= 11 is 6.37. The monoisotopic (exact) mass is 385 g/mol. The Morgan fingerprint density at radius 3 is 2.89 bits per heavy atom. The fourth-order valence-corrected chi connectivity index (χ4v) is 4.28. The maximum Gasteiger partial charge on any atom is 0.227 e. The van der Waals surface area contributed by atoms with E-state index >= 15 is 0 Å². The summed E-state index contributed by atoms with van der Waals surface area (Å²) < 4.78 is 11.4. The van der Waals surface area contributed by atoms with E-state index in [4.69, 9.17) is 21.1 Å². The maximum absolute atomic E-state index is 13.0. The summed E-state index contributed by atoms with van der Waals surface area (Å²) in [5.41, 5.74) is 3.48. The summed E-state index contributed by atoms with van der Waals surface area (Å²) in [5.74, 6) is 1.30. The van der Waals surface area contributed by atoms with Crippen molar-refractivity contribution in [2.24, 2.45) is 0 Å². The summed E-state index contributed by atoms with van der Waals surface area (Å²) in [5, 5.41) is 0.503. The molecule has 4 nitrogen and oxygen atoms in total. The quantitative estimate of drug-likeness (QED) is 0.776. The minimum absolute atomic E-state index is 0.0854. The van der Waals surface area contributed by atoms with Gasteiger partial charge in [-0.3, -0.25) is 4.79 Å². The lowest BCUT2D eigenvalue weighted by molar-refractivity contribution is -0.131. The van der Waals surface area contributed by atoms with E-state index in [0.29, 0.717) is 36.2 Å². The van der Waals surface area contributed by atoms with Gasteiger partial charge in [0.15, 0.2) is 11.5 Å². The fourth-order valence-electron chi connectivity index (χ4n) is 3.99. The average Bonchev–Trinajstić information content (AvgIpc) is 2.93. The molecular formula is C22H24ClNO3.